The molecule has 0 aromatic carbocycles. The summed E-state index contributed by atoms with van der Waals surface area (Å²) < 4.78 is 0. The molecule has 13 heavy (non-hydrogen) atoms. The highest BCUT2D eigenvalue weighted by atomic mass is 32.1. The molecule has 4 nitrogen and oxygen atoms in total. The molecule has 0 fully saturated rings. The maximum Gasteiger partial charge on any atom is 0.182 e. The number of hydrogen-bond acceptors (Lipinski definition) is 4. The maximum atomic E-state index is 9.31. The number of aliphatic hydroxyl groups excluding tert-OH is 3. The van der Waals surface area contributed by atoms with Gasteiger partial charge in [-0.25, -0.2) is 0 Å². The molecule has 0 unspecified atom stereocenters. The monoisotopic (exact) mass is 210 g/mol. The van der Waals surface area contributed by atoms with Crippen LogP contribution in [0.1, 0.15) is 20.3 Å². The van der Waals surface area contributed by atoms with Crippen molar-refractivity contribution in [2.45, 2.75) is 20.3 Å². The van der Waals surface area contributed by atoms with Crippen LogP contribution in [-0.4, -0.2) is 40.3 Å². The van der Waals surface area contributed by atoms with Crippen molar-refractivity contribution in [3.63, 3.8) is 0 Å². The van der Waals surface area contributed by atoms with Gasteiger partial charge in [0, 0.05) is 12.3 Å². The van der Waals surface area contributed by atoms with E-state index >= 15 is 0 Å². The van der Waals surface area contributed by atoms with Gasteiger partial charge in [-0.2, -0.15) is 0 Å². The molecule has 0 aliphatic carbocycles. The number of thiol groups is 1. The normalized spacial score (nSPS) is 10.3. The molecule has 5 heteroatoms. The Balaban J connectivity index is 0. The molecule has 0 saturated heterocycles. The fraction of sp³-hybridized carbons (Fsp3) is 0.875. The number of carbonyl (C=O) groups is 1. The summed E-state index contributed by atoms with van der Waals surface area (Å²) in [6.07, 6.45) is 0.594. The highest BCUT2D eigenvalue weighted by Gasteiger charge is 2.24. The van der Waals surface area contributed by atoms with Crippen molar-refractivity contribution >= 4 is 17.7 Å². The lowest BCUT2D eigenvalue weighted by Crippen LogP contribution is -2.32. The Labute approximate surface area is 84.0 Å². The smallest absolute Gasteiger partial charge is 0.182 e. The molecule has 0 radical (unpaired) electrons. The Morgan fingerprint density at radius 2 is 1.46 bits per heavy atom. The van der Waals surface area contributed by atoms with Gasteiger partial charge in [0.2, 0.25) is 0 Å². The van der Waals surface area contributed by atoms with Gasteiger partial charge in [-0.1, -0.05) is 6.92 Å². The summed E-state index contributed by atoms with van der Waals surface area (Å²) in [5.74, 6) is 0. The SMILES string of the molecule is CC(=O)S.CCC(CO)(CO)CO. The minimum atomic E-state index is -0.667. The molecule has 0 rings (SSSR count). The summed E-state index contributed by atoms with van der Waals surface area (Å²) in [4.78, 5) is 9.31. The van der Waals surface area contributed by atoms with E-state index in [1.165, 1.54) is 6.92 Å². The minimum Gasteiger partial charge on any atom is -0.396 e. The third-order valence-electron chi connectivity index (χ3n) is 1.76. The average molecular weight is 210 g/mol. The second-order valence-electron chi connectivity index (χ2n) is 2.85. The standard InChI is InChI=1S/C6H14O3.C2H4OS/c1-2-6(3-7,4-8)5-9;1-2(3)4/h7-9H,2-5H2,1H3;1H3,(H,3,4). The van der Waals surface area contributed by atoms with Gasteiger partial charge in [0.1, 0.15) is 0 Å². The van der Waals surface area contributed by atoms with E-state index in [-0.39, 0.29) is 24.9 Å². The van der Waals surface area contributed by atoms with Gasteiger partial charge in [0.05, 0.1) is 19.8 Å². The Morgan fingerprint density at radius 1 is 1.23 bits per heavy atom. The van der Waals surface area contributed by atoms with Crippen LogP contribution in [0.15, 0.2) is 0 Å². The molecule has 0 saturated carbocycles. The van der Waals surface area contributed by atoms with Crippen molar-refractivity contribution in [3.8, 4) is 0 Å². The van der Waals surface area contributed by atoms with Crippen molar-refractivity contribution in [3.05, 3.63) is 0 Å². The van der Waals surface area contributed by atoms with Crippen LogP contribution < -0.4 is 0 Å². The van der Waals surface area contributed by atoms with Crippen molar-refractivity contribution in [2.24, 2.45) is 5.41 Å². The third-order valence-corrected chi connectivity index (χ3v) is 1.76. The van der Waals surface area contributed by atoms with E-state index in [0.29, 0.717) is 6.42 Å². The predicted molar refractivity (Wildman–Crippen MR) is 53.6 cm³/mol. The van der Waals surface area contributed by atoms with Gasteiger partial charge in [-0.05, 0) is 6.42 Å². The van der Waals surface area contributed by atoms with E-state index in [2.05, 4.69) is 12.6 Å². The largest absolute Gasteiger partial charge is 0.396 e. The van der Waals surface area contributed by atoms with E-state index in [4.69, 9.17) is 15.3 Å². The summed E-state index contributed by atoms with van der Waals surface area (Å²) in [5.41, 5.74) is -0.667. The summed E-state index contributed by atoms with van der Waals surface area (Å²) in [6.45, 7) is 2.75. The average Bonchev–Trinajstić information content (AvgIpc) is 2.09. The van der Waals surface area contributed by atoms with E-state index in [1.807, 2.05) is 6.92 Å². The lowest BCUT2D eigenvalue weighted by atomic mass is 9.88. The molecule has 3 N–H and O–H groups in total. The predicted octanol–water partition coefficient (Wildman–Crippen LogP) is -0.178. The highest BCUT2D eigenvalue weighted by Crippen LogP contribution is 2.18. The van der Waals surface area contributed by atoms with Gasteiger partial charge in [0.15, 0.2) is 5.12 Å². The summed E-state index contributed by atoms with van der Waals surface area (Å²) >= 11 is 3.33. The summed E-state index contributed by atoms with van der Waals surface area (Å²) in [5, 5.41) is 25.8. The number of hydrogen-bond donors (Lipinski definition) is 4. The number of aliphatic hydroxyl groups is 3. The van der Waals surface area contributed by atoms with Crippen LogP contribution in [-0.2, 0) is 4.79 Å². The quantitative estimate of drug-likeness (QED) is 0.486. The summed E-state index contributed by atoms with van der Waals surface area (Å²) in [7, 11) is 0. The minimum absolute atomic E-state index is 0.139. The van der Waals surface area contributed by atoms with E-state index in [9.17, 15) is 4.79 Å². The van der Waals surface area contributed by atoms with Crippen molar-refractivity contribution in [2.75, 3.05) is 19.8 Å². The maximum absolute atomic E-state index is 9.31. The van der Waals surface area contributed by atoms with Crippen molar-refractivity contribution < 1.29 is 20.1 Å². The first-order chi connectivity index (χ1) is 5.97. The zero-order valence-electron chi connectivity index (χ0n) is 8.03. The fourth-order valence-corrected chi connectivity index (χ4v) is 0.485. The van der Waals surface area contributed by atoms with E-state index in [1.54, 1.807) is 0 Å². The van der Waals surface area contributed by atoms with Gasteiger partial charge >= 0.3 is 0 Å². The van der Waals surface area contributed by atoms with Gasteiger partial charge in [0.25, 0.3) is 0 Å². The second kappa shape index (κ2) is 8.50. The number of rotatable bonds is 4. The van der Waals surface area contributed by atoms with Crippen LogP contribution in [0.4, 0.5) is 0 Å². The topological polar surface area (TPSA) is 77.8 Å². The van der Waals surface area contributed by atoms with Crippen molar-refractivity contribution in [1.29, 1.82) is 0 Å². The Kier molecular flexibility index (Phi) is 10.0. The molecule has 0 aliphatic rings. The third kappa shape index (κ3) is 8.24. The second-order valence-corrected chi connectivity index (χ2v) is 3.48. The molecule has 80 valence electrons. The molecular weight excluding hydrogens is 192 g/mol. The van der Waals surface area contributed by atoms with Gasteiger partial charge in [-0.3, -0.25) is 4.79 Å². The van der Waals surface area contributed by atoms with Crippen LogP contribution in [0, 0.1) is 5.41 Å². The molecule has 0 aromatic heterocycles. The molecular formula is C8H18O4S. The lowest BCUT2D eigenvalue weighted by Gasteiger charge is -2.24. The van der Waals surface area contributed by atoms with Crippen molar-refractivity contribution in [1.82, 2.24) is 0 Å². The van der Waals surface area contributed by atoms with Crippen LogP contribution >= 0.6 is 12.6 Å². The van der Waals surface area contributed by atoms with Crippen LogP contribution in [0.5, 0.6) is 0 Å². The van der Waals surface area contributed by atoms with Gasteiger partial charge in [-0.15, -0.1) is 12.6 Å². The first-order valence-electron chi connectivity index (χ1n) is 4.00. The zero-order valence-corrected chi connectivity index (χ0v) is 8.92. The number of carbonyl (C=O) groups excluding carboxylic acids is 1. The molecule has 0 atom stereocenters. The molecule has 0 spiro atoms. The lowest BCUT2D eigenvalue weighted by molar-refractivity contribution is -0.108. The fourth-order valence-electron chi connectivity index (χ4n) is 0.485. The Morgan fingerprint density at radius 3 is 1.46 bits per heavy atom. The Hall–Kier alpha value is -0.100. The van der Waals surface area contributed by atoms with Gasteiger partial charge < -0.3 is 15.3 Å². The highest BCUT2D eigenvalue weighted by molar-refractivity contribution is 7.96. The first kappa shape index (κ1) is 15.4. The molecule has 0 amide bonds. The van der Waals surface area contributed by atoms with Crippen LogP contribution in [0.3, 0.4) is 0 Å². The van der Waals surface area contributed by atoms with E-state index < -0.39 is 5.41 Å². The first-order valence-corrected chi connectivity index (χ1v) is 4.44. The Bertz CT molecular complexity index is 113. The summed E-state index contributed by atoms with van der Waals surface area (Å²) in [6, 6.07) is 0. The van der Waals surface area contributed by atoms with Crippen LogP contribution in [0.2, 0.25) is 0 Å². The van der Waals surface area contributed by atoms with E-state index in [0.717, 1.165) is 0 Å². The van der Waals surface area contributed by atoms with Crippen LogP contribution in [0.25, 0.3) is 0 Å². The molecule has 0 aromatic rings. The molecule has 0 aliphatic heterocycles. The molecule has 0 bridgehead atoms. The zero-order chi connectivity index (χ0) is 10.9. The molecule has 0 heterocycles.